The summed E-state index contributed by atoms with van der Waals surface area (Å²) in [5, 5.41) is 0. The van der Waals surface area contributed by atoms with Crippen molar-refractivity contribution in [3.05, 3.63) is 53.7 Å². The van der Waals surface area contributed by atoms with Gasteiger partial charge in [-0.3, -0.25) is 9.69 Å². The van der Waals surface area contributed by atoms with Crippen molar-refractivity contribution in [2.24, 2.45) is 0 Å². The zero-order valence-corrected chi connectivity index (χ0v) is 17.2. The minimum Gasteiger partial charge on any atom is -0.494 e. The Bertz CT molecular complexity index is 810. The molecule has 1 aromatic heterocycles. The Hall–Kier alpha value is -2.60. The van der Waals surface area contributed by atoms with E-state index in [1.165, 1.54) is 18.4 Å². The first-order valence-corrected chi connectivity index (χ1v) is 10.7. The molecule has 3 heterocycles. The summed E-state index contributed by atoms with van der Waals surface area (Å²) in [7, 11) is 0. The van der Waals surface area contributed by atoms with Gasteiger partial charge in [0.25, 0.3) is 5.91 Å². The van der Waals surface area contributed by atoms with Crippen molar-refractivity contribution in [3.63, 3.8) is 0 Å². The topological polar surface area (TPSA) is 48.9 Å². The number of amides is 1. The van der Waals surface area contributed by atoms with Gasteiger partial charge in [-0.2, -0.15) is 0 Å². The first kappa shape index (κ1) is 19.7. The lowest BCUT2D eigenvalue weighted by atomic mass is 10.1. The summed E-state index contributed by atoms with van der Waals surface area (Å²) in [5.41, 5.74) is 2.02. The first-order valence-electron chi connectivity index (χ1n) is 10.7. The smallest absolute Gasteiger partial charge is 0.257 e. The van der Waals surface area contributed by atoms with Crippen LogP contribution in [0.2, 0.25) is 0 Å². The Labute approximate surface area is 173 Å². The molecule has 0 N–H and O–H groups in total. The maximum absolute atomic E-state index is 13.2. The van der Waals surface area contributed by atoms with Crippen molar-refractivity contribution in [2.75, 3.05) is 50.8 Å². The third-order valence-corrected chi connectivity index (χ3v) is 5.72. The predicted octanol–water partition coefficient (Wildman–Crippen LogP) is 3.04. The van der Waals surface area contributed by atoms with E-state index >= 15 is 0 Å². The van der Waals surface area contributed by atoms with Crippen LogP contribution in [-0.2, 0) is 6.54 Å². The number of nitrogens with zero attached hydrogens (tertiary/aromatic N) is 4. The van der Waals surface area contributed by atoms with Gasteiger partial charge in [-0.15, -0.1) is 0 Å². The van der Waals surface area contributed by atoms with Crippen LogP contribution in [0.3, 0.4) is 0 Å². The number of benzene rings is 1. The van der Waals surface area contributed by atoms with Crippen LogP contribution in [0.1, 0.15) is 35.7 Å². The second-order valence-electron chi connectivity index (χ2n) is 7.71. The van der Waals surface area contributed by atoms with Crippen LogP contribution < -0.4 is 9.64 Å². The minimum absolute atomic E-state index is 0.112. The van der Waals surface area contributed by atoms with Crippen molar-refractivity contribution in [1.29, 1.82) is 0 Å². The Morgan fingerprint density at radius 1 is 1.00 bits per heavy atom. The van der Waals surface area contributed by atoms with Gasteiger partial charge in [-0.05, 0) is 49.6 Å². The zero-order valence-electron chi connectivity index (χ0n) is 17.2. The number of ether oxygens (including phenoxy) is 1. The van der Waals surface area contributed by atoms with E-state index in [-0.39, 0.29) is 5.91 Å². The molecule has 0 aliphatic carbocycles. The van der Waals surface area contributed by atoms with Crippen LogP contribution in [0.15, 0.2) is 42.6 Å². The molecule has 154 valence electrons. The summed E-state index contributed by atoms with van der Waals surface area (Å²) in [6.45, 7) is 8.85. The average molecular weight is 395 g/mol. The van der Waals surface area contributed by atoms with Crippen LogP contribution in [0, 0.1) is 0 Å². The standard InChI is InChI=1S/C23H30N4O2/c1-2-29-20-9-7-19(8-10-20)18-25-14-16-27(17-15-25)23(28)21-6-5-11-24-22(21)26-12-3-4-13-26/h5-11H,2-4,12-18H2,1H3. The molecule has 2 saturated heterocycles. The maximum Gasteiger partial charge on any atom is 0.257 e. The Kier molecular flexibility index (Phi) is 6.30. The zero-order chi connectivity index (χ0) is 20.1. The number of anilines is 1. The number of aromatic nitrogens is 1. The number of pyridine rings is 1. The van der Waals surface area contributed by atoms with Crippen LogP contribution >= 0.6 is 0 Å². The Morgan fingerprint density at radius 2 is 1.72 bits per heavy atom. The van der Waals surface area contributed by atoms with E-state index < -0.39 is 0 Å². The van der Waals surface area contributed by atoms with Gasteiger partial charge in [0.05, 0.1) is 12.2 Å². The first-order chi connectivity index (χ1) is 14.2. The fourth-order valence-corrected chi connectivity index (χ4v) is 4.14. The van der Waals surface area contributed by atoms with Gasteiger partial charge in [-0.25, -0.2) is 4.98 Å². The van der Waals surface area contributed by atoms with Crippen molar-refractivity contribution < 1.29 is 9.53 Å². The lowest BCUT2D eigenvalue weighted by molar-refractivity contribution is 0.0628. The molecule has 29 heavy (non-hydrogen) atoms. The number of carbonyl (C=O) groups is 1. The summed E-state index contributed by atoms with van der Waals surface area (Å²) in [4.78, 5) is 24.3. The lowest BCUT2D eigenvalue weighted by Crippen LogP contribution is -2.48. The van der Waals surface area contributed by atoms with E-state index in [4.69, 9.17) is 4.74 Å². The molecule has 6 nitrogen and oxygen atoms in total. The van der Waals surface area contributed by atoms with E-state index in [9.17, 15) is 4.79 Å². The fourth-order valence-electron chi connectivity index (χ4n) is 4.14. The highest BCUT2D eigenvalue weighted by Crippen LogP contribution is 2.24. The molecular formula is C23H30N4O2. The summed E-state index contributed by atoms with van der Waals surface area (Å²) >= 11 is 0. The second kappa shape index (κ2) is 9.27. The van der Waals surface area contributed by atoms with Gasteiger partial charge in [0.15, 0.2) is 0 Å². The van der Waals surface area contributed by atoms with Gasteiger partial charge < -0.3 is 14.5 Å². The maximum atomic E-state index is 13.2. The Morgan fingerprint density at radius 3 is 2.41 bits per heavy atom. The monoisotopic (exact) mass is 394 g/mol. The molecule has 0 spiro atoms. The number of hydrogen-bond donors (Lipinski definition) is 0. The van der Waals surface area contributed by atoms with E-state index in [2.05, 4.69) is 26.9 Å². The second-order valence-corrected chi connectivity index (χ2v) is 7.71. The van der Waals surface area contributed by atoms with E-state index in [1.807, 2.05) is 36.1 Å². The van der Waals surface area contributed by atoms with E-state index in [0.717, 1.165) is 62.9 Å². The lowest BCUT2D eigenvalue weighted by Gasteiger charge is -2.35. The van der Waals surface area contributed by atoms with Gasteiger partial charge in [-0.1, -0.05) is 12.1 Å². The Balaban J connectivity index is 1.34. The van der Waals surface area contributed by atoms with Crippen molar-refractivity contribution in [1.82, 2.24) is 14.8 Å². The van der Waals surface area contributed by atoms with Crippen molar-refractivity contribution in [3.8, 4) is 5.75 Å². The van der Waals surface area contributed by atoms with E-state index in [0.29, 0.717) is 6.61 Å². The van der Waals surface area contributed by atoms with Crippen LogP contribution in [0.5, 0.6) is 5.75 Å². The summed E-state index contributed by atoms with van der Waals surface area (Å²) in [6, 6.07) is 12.1. The molecule has 0 atom stereocenters. The molecule has 0 unspecified atom stereocenters. The molecule has 6 heteroatoms. The molecular weight excluding hydrogens is 364 g/mol. The number of rotatable bonds is 6. The van der Waals surface area contributed by atoms with Gasteiger partial charge in [0.1, 0.15) is 11.6 Å². The van der Waals surface area contributed by atoms with Crippen molar-refractivity contribution in [2.45, 2.75) is 26.3 Å². The summed E-state index contributed by atoms with van der Waals surface area (Å²) in [5.74, 6) is 1.88. The fraction of sp³-hybridized carbons (Fsp3) is 0.478. The summed E-state index contributed by atoms with van der Waals surface area (Å²) in [6.07, 6.45) is 4.14. The third-order valence-electron chi connectivity index (χ3n) is 5.72. The molecule has 1 amide bonds. The minimum atomic E-state index is 0.112. The molecule has 2 aliphatic heterocycles. The molecule has 0 radical (unpaired) electrons. The van der Waals surface area contributed by atoms with E-state index in [1.54, 1.807) is 6.20 Å². The third kappa shape index (κ3) is 4.70. The SMILES string of the molecule is CCOc1ccc(CN2CCN(C(=O)c3cccnc3N3CCCC3)CC2)cc1. The van der Waals surface area contributed by atoms with Crippen LogP contribution in [-0.4, -0.2) is 66.6 Å². The molecule has 2 fully saturated rings. The molecule has 0 saturated carbocycles. The number of piperazine rings is 1. The van der Waals surface area contributed by atoms with Crippen molar-refractivity contribution >= 4 is 11.7 Å². The highest BCUT2D eigenvalue weighted by Gasteiger charge is 2.26. The van der Waals surface area contributed by atoms with Gasteiger partial charge in [0, 0.05) is 52.0 Å². The van der Waals surface area contributed by atoms with Crippen LogP contribution in [0.25, 0.3) is 0 Å². The summed E-state index contributed by atoms with van der Waals surface area (Å²) < 4.78 is 5.51. The molecule has 1 aromatic carbocycles. The molecule has 2 aromatic rings. The highest BCUT2D eigenvalue weighted by atomic mass is 16.5. The van der Waals surface area contributed by atoms with Gasteiger partial charge in [0.2, 0.25) is 0 Å². The average Bonchev–Trinajstić information content (AvgIpc) is 3.30. The normalized spacial score (nSPS) is 17.6. The highest BCUT2D eigenvalue weighted by molar-refractivity contribution is 5.99. The molecule has 0 bridgehead atoms. The molecule has 2 aliphatic rings. The van der Waals surface area contributed by atoms with Gasteiger partial charge >= 0.3 is 0 Å². The largest absolute Gasteiger partial charge is 0.494 e. The number of carbonyl (C=O) groups excluding carboxylic acids is 1. The quantitative estimate of drug-likeness (QED) is 0.754. The predicted molar refractivity (Wildman–Crippen MR) is 114 cm³/mol. The van der Waals surface area contributed by atoms with Crippen LogP contribution in [0.4, 0.5) is 5.82 Å². The number of hydrogen-bond acceptors (Lipinski definition) is 5. The molecule has 4 rings (SSSR count).